The fourth-order valence-corrected chi connectivity index (χ4v) is 3.51. The summed E-state index contributed by atoms with van der Waals surface area (Å²) in [5.41, 5.74) is 1.70. The molecular formula is C29H38N2O5. The van der Waals surface area contributed by atoms with Gasteiger partial charge < -0.3 is 20.1 Å². The Morgan fingerprint density at radius 2 is 1.53 bits per heavy atom. The molecule has 2 rings (SSSR count). The van der Waals surface area contributed by atoms with Crippen molar-refractivity contribution in [2.45, 2.75) is 71.6 Å². The zero-order valence-corrected chi connectivity index (χ0v) is 21.4. The molecule has 194 valence electrons. The maximum Gasteiger partial charge on any atom is 0.408 e. The molecule has 36 heavy (non-hydrogen) atoms. The van der Waals surface area contributed by atoms with E-state index in [0.29, 0.717) is 6.42 Å². The van der Waals surface area contributed by atoms with Gasteiger partial charge in [-0.25, -0.2) is 9.59 Å². The summed E-state index contributed by atoms with van der Waals surface area (Å²) < 4.78 is 10.6. The Kier molecular flexibility index (Phi) is 12.8. The van der Waals surface area contributed by atoms with Gasteiger partial charge in [0.05, 0.1) is 6.26 Å². The fraction of sp³-hybridized carbons (Fsp3) is 0.414. The van der Waals surface area contributed by atoms with Gasteiger partial charge in [-0.3, -0.25) is 4.79 Å². The Morgan fingerprint density at radius 3 is 2.14 bits per heavy atom. The van der Waals surface area contributed by atoms with Crippen molar-refractivity contribution < 1.29 is 23.9 Å². The molecule has 2 amide bonds. The molecule has 0 heterocycles. The molecule has 2 aromatic rings. The average molecular weight is 495 g/mol. The molecule has 0 saturated heterocycles. The molecule has 7 nitrogen and oxygen atoms in total. The third-order valence-electron chi connectivity index (χ3n) is 5.42. The van der Waals surface area contributed by atoms with Crippen LogP contribution in [0.25, 0.3) is 0 Å². The molecule has 0 radical (unpaired) electrons. The van der Waals surface area contributed by atoms with E-state index in [1.54, 1.807) is 6.08 Å². The van der Waals surface area contributed by atoms with Crippen LogP contribution in [0, 0.1) is 5.92 Å². The van der Waals surface area contributed by atoms with Crippen molar-refractivity contribution in [2.24, 2.45) is 5.92 Å². The molecule has 0 aliphatic carbocycles. The van der Waals surface area contributed by atoms with Crippen LogP contribution in [0.15, 0.2) is 73.0 Å². The summed E-state index contributed by atoms with van der Waals surface area (Å²) in [6.45, 7) is 6.10. The van der Waals surface area contributed by atoms with Crippen LogP contribution >= 0.6 is 0 Å². The third kappa shape index (κ3) is 11.2. The van der Waals surface area contributed by atoms with E-state index in [0.717, 1.165) is 30.4 Å². The Labute approximate surface area is 214 Å². The molecule has 0 aliphatic heterocycles. The van der Waals surface area contributed by atoms with Crippen LogP contribution in [-0.4, -0.2) is 30.1 Å². The highest BCUT2D eigenvalue weighted by molar-refractivity contribution is 5.90. The summed E-state index contributed by atoms with van der Waals surface area (Å²) in [5.74, 6) is -0.869. The largest absolute Gasteiger partial charge is 0.445 e. The predicted octanol–water partition coefficient (Wildman–Crippen LogP) is 5.30. The molecule has 2 aromatic carbocycles. The van der Waals surface area contributed by atoms with Gasteiger partial charge in [-0.2, -0.15) is 0 Å². The van der Waals surface area contributed by atoms with Gasteiger partial charge in [-0.05, 0) is 42.4 Å². The molecular weight excluding hydrogens is 456 g/mol. The zero-order chi connectivity index (χ0) is 26.2. The summed E-state index contributed by atoms with van der Waals surface area (Å²) in [7, 11) is 0. The van der Waals surface area contributed by atoms with Crippen LogP contribution in [0.3, 0.4) is 0 Å². The lowest BCUT2D eigenvalue weighted by Crippen LogP contribution is -2.53. The number of hydrogen-bond donors (Lipinski definition) is 2. The number of amides is 2. The van der Waals surface area contributed by atoms with E-state index in [4.69, 9.17) is 9.47 Å². The standard InChI is InChI=1S/C29H38N2O5/c1-4-5-6-13-18-35-28(33)26(19-22(2)3)30-27(32)25(20-23-14-9-7-10-15-23)31-29(34)36-21-24-16-11-8-12-17-24/h7-18,22,25-26H,4-6,19-21H2,1-3H3,(H,30,32)(H,31,34)/b18-13+/t25-,26-/m0/s1. The molecule has 0 unspecified atom stereocenters. The first kappa shape index (κ1) is 28.6. The van der Waals surface area contributed by atoms with Gasteiger partial charge in [0, 0.05) is 6.42 Å². The van der Waals surface area contributed by atoms with Gasteiger partial charge in [0.2, 0.25) is 5.91 Å². The monoisotopic (exact) mass is 494 g/mol. The van der Waals surface area contributed by atoms with Gasteiger partial charge in [0.25, 0.3) is 0 Å². The lowest BCUT2D eigenvalue weighted by atomic mass is 10.0. The molecule has 0 saturated carbocycles. The predicted molar refractivity (Wildman–Crippen MR) is 140 cm³/mol. The molecule has 7 heteroatoms. The van der Waals surface area contributed by atoms with Crippen LogP contribution in [-0.2, 0) is 32.1 Å². The Bertz CT molecular complexity index is 960. The second-order valence-electron chi connectivity index (χ2n) is 9.09. The summed E-state index contributed by atoms with van der Waals surface area (Å²) in [6.07, 6.45) is 6.01. The SMILES string of the molecule is CCCC/C=C/OC(=O)[C@H](CC(C)C)NC(=O)[C@H](Cc1ccccc1)NC(=O)OCc1ccccc1. The molecule has 0 spiro atoms. The minimum absolute atomic E-state index is 0.0824. The second kappa shape index (κ2) is 16.1. The first-order valence-electron chi connectivity index (χ1n) is 12.6. The molecule has 0 bridgehead atoms. The van der Waals surface area contributed by atoms with Crippen molar-refractivity contribution in [3.63, 3.8) is 0 Å². The van der Waals surface area contributed by atoms with Crippen molar-refractivity contribution in [3.8, 4) is 0 Å². The minimum atomic E-state index is -0.932. The van der Waals surface area contributed by atoms with E-state index in [2.05, 4.69) is 17.6 Å². The smallest absolute Gasteiger partial charge is 0.408 e. The van der Waals surface area contributed by atoms with E-state index in [1.807, 2.05) is 74.5 Å². The van der Waals surface area contributed by atoms with E-state index in [9.17, 15) is 14.4 Å². The summed E-state index contributed by atoms with van der Waals surface area (Å²) in [5, 5.41) is 5.44. The summed E-state index contributed by atoms with van der Waals surface area (Å²) >= 11 is 0. The number of carbonyl (C=O) groups excluding carboxylic acids is 3. The van der Waals surface area contributed by atoms with E-state index < -0.39 is 30.1 Å². The van der Waals surface area contributed by atoms with Crippen LogP contribution in [0.2, 0.25) is 0 Å². The maximum absolute atomic E-state index is 13.3. The van der Waals surface area contributed by atoms with Gasteiger partial charge in [-0.1, -0.05) is 87.9 Å². The van der Waals surface area contributed by atoms with Gasteiger partial charge in [-0.15, -0.1) is 0 Å². The van der Waals surface area contributed by atoms with Crippen molar-refractivity contribution in [2.75, 3.05) is 0 Å². The number of allylic oxidation sites excluding steroid dienone is 1. The fourth-order valence-electron chi connectivity index (χ4n) is 3.51. The molecule has 2 atom stereocenters. The molecule has 0 aromatic heterocycles. The highest BCUT2D eigenvalue weighted by Crippen LogP contribution is 2.10. The number of hydrogen-bond acceptors (Lipinski definition) is 5. The number of rotatable bonds is 14. The number of esters is 1. The average Bonchev–Trinajstić information content (AvgIpc) is 2.87. The van der Waals surface area contributed by atoms with Crippen LogP contribution in [0.5, 0.6) is 0 Å². The van der Waals surface area contributed by atoms with E-state index in [1.165, 1.54) is 6.26 Å². The number of benzene rings is 2. The topological polar surface area (TPSA) is 93.7 Å². The molecule has 0 aliphatic rings. The zero-order valence-electron chi connectivity index (χ0n) is 21.4. The second-order valence-corrected chi connectivity index (χ2v) is 9.09. The number of unbranched alkanes of at least 4 members (excludes halogenated alkanes) is 2. The lowest BCUT2D eigenvalue weighted by Gasteiger charge is -2.23. The quantitative estimate of drug-likeness (QED) is 0.211. The van der Waals surface area contributed by atoms with Crippen molar-refractivity contribution in [1.29, 1.82) is 0 Å². The van der Waals surface area contributed by atoms with Gasteiger partial charge in [0.15, 0.2) is 0 Å². The third-order valence-corrected chi connectivity index (χ3v) is 5.42. The number of ether oxygens (including phenoxy) is 2. The van der Waals surface area contributed by atoms with Crippen LogP contribution in [0.1, 0.15) is 57.6 Å². The Morgan fingerprint density at radius 1 is 0.889 bits per heavy atom. The first-order chi connectivity index (χ1) is 17.4. The lowest BCUT2D eigenvalue weighted by molar-refractivity contribution is -0.143. The van der Waals surface area contributed by atoms with E-state index >= 15 is 0 Å². The first-order valence-corrected chi connectivity index (χ1v) is 12.6. The maximum atomic E-state index is 13.3. The number of nitrogens with one attached hydrogen (secondary N) is 2. The minimum Gasteiger partial charge on any atom is -0.445 e. The Hall–Kier alpha value is -3.61. The summed E-state index contributed by atoms with van der Waals surface area (Å²) in [4.78, 5) is 38.5. The van der Waals surface area contributed by atoms with Crippen molar-refractivity contribution in [3.05, 3.63) is 84.1 Å². The molecule has 2 N–H and O–H groups in total. The summed E-state index contributed by atoms with van der Waals surface area (Å²) in [6, 6.07) is 16.9. The molecule has 0 fully saturated rings. The van der Waals surface area contributed by atoms with Crippen molar-refractivity contribution in [1.82, 2.24) is 10.6 Å². The normalized spacial score (nSPS) is 12.7. The van der Waals surface area contributed by atoms with Crippen LogP contribution < -0.4 is 10.6 Å². The highest BCUT2D eigenvalue weighted by atomic mass is 16.5. The number of carbonyl (C=O) groups is 3. The van der Waals surface area contributed by atoms with Gasteiger partial charge >= 0.3 is 12.1 Å². The van der Waals surface area contributed by atoms with Gasteiger partial charge in [0.1, 0.15) is 18.7 Å². The van der Waals surface area contributed by atoms with Crippen molar-refractivity contribution >= 4 is 18.0 Å². The Balaban J connectivity index is 2.07. The highest BCUT2D eigenvalue weighted by Gasteiger charge is 2.28. The van der Waals surface area contributed by atoms with E-state index in [-0.39, 0.29) is 18.9 Å². The number of alkyl carbamates (subject to hydrolysis) is 1. The van der Waals surface area contributed by atoms with Crippen LogP contribution in [0.4, 0.5) is 4.79 Å².